The lowest BCUT2D eigenvalue weighted by Crippen LogP contribution is -2.34. The Bertz CT molecular complexity index is 873. The number of carbonyl (C=O) groups is 3. The zero-order chi connectivity index (χ0) is 21.4. The van der Waals surface area contributed by atoms with Crippen molar-refractivity contribution >= 4 is 33.7 Å². The molecule has 0 spiro atoms. The van der Waals surface area contributed by atoms with Gasteiger partial charge in [0, 0.05) is 28.7 Å². The molecular formula is C22H25BrN2O4. The molecule has 0 fully saturated rings. The van der Waals surface area contributed by atoms with Gasteiger partial charge < -0.3 is 15.4 Å². The molecule has 0 aliphatic heterocycles. The third kappa shape index (κ3) is 7.34. The van der Waals surface area contributed by atoms with Crippen LogP contribution in [0.4, 0.5) is 4.79 Å². The van der Waals surface area contributed by atoms with Gasteiger partial charge in [-0.2, -0.15) is 0 Å². The largest absolute Gasteiger partial charge is 0.444 e. The highest BCUT2D eigenvalue weighted by Gasteiger charge is 2.18. The molecule has 0 saturated heterocycles. The van der Waals surface area contributed by atoms with Gasteiger partial charge in [-0.15, -0.1) is 0 Å². The maximum Gasteiger partial charge on any atom is 0.407 e. The molecule has 0 unspecified atom stereocenters. The van der Waals surface area contributed by atoms with E-state index in [4.69, 9.17) is 4.74 Å². The standard InChI is InChI=1S/C22H25BrN2O4/c1-22(2,3)29-21(28)25-14-6-13-24-20(27)18-8-5-4-7-17(18)19(26)15-9-11-16(23)12-10-15/h4-5,7-12H,6,13-14H2,1-3H3,(H,24,27)(H,25,28). The number of hydrogen-bond donors (Lipinski definition) is 2. The van der Waals surface area contributed by atoms with Crippen LogP contribution in [0.3, 0.4) is 0 Å². The highest BCUT2D eigenvalue weighted by molar-refractivity contribution is 9.10. The van der Waals surface area contributed by atoms with Crippen molar-refractivity contribution in [2.24, 2.45) is 0 Å². The maximum absolute atomic E-state index is 12.8. The Morgan fingerprint density at radius 1 is 0.897 bits per heavy atom. The molecule has 0 heterocycles. The molecule has 0 saturated carbocycles. The number of benzene rings is 2. The van der Waals surface area contributed by atoms with Crippen molar-refractivity contribution in [1.82, 2.24) is 10.6 Å². The van der Waals surface area contributed by atoms with E-state index >= 15 is 0 Å². The van der Waals surface area contributed by atoms with Crippen LogP contribution in [0, 0.1) is 0 Å². The van der Waals surface area contributed by atoms with E-state index in [1.807, 2.05) is 0 Å². The monoisotopic (exact) mass is 460 g/mol. The van der Waals surface area contributed by atoms with E-state index < -0.39 is 11.7 Å². The SMILES string of the molecule is CC(C)(C)OC(=O)NCCCNC(=O)c1ccccc1C(=O)c1ccc(Br)cc1. The molecule has 0 radical (unpaired) electrons. The number of ether oxygens (including phenoxy) is 1. The van der Waals surface area contributed by atoms with Crippen molar-refractivity contribution < 1.29 is 19.1 Å². The van der Waals surface area contributed by atoms with Crippen molar-refractivity contribution in [3.05, 3.63) is 69.7 Å². The second-order valence-electron chi connectivity index (χ2n) is 7.42. The average Bonchev–Trinajstić information content (AvgIpc) is 2.66. The number of nitrogens with one attached hydrogen (secondary N) is 2. The summed E-state index contributed by atoms with van der Waals surface area (Å²) in [5.74, 6) is -0.543. The summed E-state index contributed by atoms with van der Waals surface area (Å²) in [4.78, 5) is 36.9. The van der Waals surface area contributed by atoms with Crippen LogP contribution in [0.5, 0.6) is 0 Å². The van der Waals surface area contributed by atoms with Gasteiger partial charge in [-0.25, -0.2) is 4.79 Å². The van der Waals surface area contributed by atoms with Gasteiger partial charge in [0.15, 0.2) is 5.78 Å². The molecule has 2 aromatic carbocycles. The minimum atomic E-state index is -0.552. The van der Waals surface area contributed by atoms with Gasteiger partial charge in [0.25, 0.3) is 5.91 Å². The molecule has 2 aromatic rings. The molecule has 0 atom stereocenters. The van der Waals surface area contributed by atoms with Crippen molar-refractivity contribution in [3.63, 3.8) is 0 Å². The van der Waals surface area contributed by atoms with E-state index in [-0.39, 0.29) is 11.7 Å². The Morgan fingerprint density at radius 3 is 2.10 bits per heavy atom. The summed E-state index contributed by atoms with van der Waals surface area (Å²) in [7, 11) is 0. The van der Waals surface area contributed by atoms with Crippen LogP contribution in [0.25, 0.3) is 0 Å². The first-order chi connectivity index (χ1) is 13.7. The van der Waals surface area contributed by atoms with Gasteiger partial charge in [0.1, 0.15) is 5.60 Å². The van der Waals surface area contributed by atoms with E-state index in [9.17, 15) is 14.4 Å². The summed E-state index contributed by atoms with van der Waals surface area (Å²) in [6, 6.07) is 13.7. The zero-order valence-corrected chi connectivity index (χ0v) is 18.3. The van der Waals surface area contributed by atoms with Crippen molar-refractivity contribution in [2.75, 3.05) is 13.1 Å². The van der Waals surface area contributed by atoms with Crippen molar-refractivity contribution in [1.29, 1.82) is 0 Å². The first-order valence-electron chi connectivity index (χ1n) is 9.32. The summed E-state index contributed by atoms with van der Waals surface area (Å²) in [6.45, 7) is 6.10. The number of carbonyl (C=O) groups excluding carboxylic acids is 3. The average molecular weight is 461 g/mol. The van der Waals surface area contributed by atoms with Crippen LogP contribution < -0.4 is 10.6 Å². The molecular weight excluding hydrogens is 436 g/mol. The fourth-order valence-electron chi connectivity index (χ4n) is 2.53. The molecule has 2 rings (SSSR count). The predicted octanol–water partition coefficient (Wildman–Crippen LogP) is 4.32. The van der Waals surface area contributed by atoms with E-state index in [2.05, 4.69) is 26.6 Å². The Labute approximate surface area is 179 Å². The minimum Gasteiger partial charge on any atom is -0.444 e. The summed E-state index contributed by atoms with van der Waals surface area (Å²) in [6.07, 6.45) is 0.0441. The van der Waals surface area contributed by atoms with Crippen LogP contribution in [-0.4, -0.2) is 36.5 Å². The van der Waals surface area contributed by atoms with Gasteiger partial charge in [0.05, 0.1) is 5.56 Å². The molecule has 2 amide bonds. The van der Waals surface area contributed by atoms with Crippen LogP contribution in [0.1, 0.15) is 53.5 Å². The Balaban J connectivity index is 1.91. The van der Waals surface area contributed by atoms with Crippen LogP contribution in [-0.2, 0) is 4.74 Å². The van der Waals surface area contributed by atoms with Gasteiger partial charge in [0.2, 0.25) is 0 Å². The number of alkyl carbamates (subject to hydrolysis) is 1. The molecule has 0 bridgehead atoms. The van der Waals surface area contributed by atoms with Crippen LogP contribution >= 0.6 is 15.9 Å². The van der Waals surface area contributed by atoms with Crippen LogP contribution in [0.2, 0.25) is 0 Å². The van der Waals surface area contributed by atoms with E-state index in [1.165, 1.54) is 0 Å². The van der Waals surface area contributed by atoms with E-state index in [1.54, 1.807) is 69.3 Å². The molecule has 29 heavy (non-hydrogen) atoms. The van der Waals surface area contributed by atoms with Crippen molar-refractivity contribution in [2.45, 2.75) is 32.8 Å². The summed E-state index contributed by atoms with van der Waals surface area (Å²) in [5, 5.41) is 5.42. The molecule has 2 N–H and O–H groups in total. The third-order valence-electron chi connectivity index (χ3n) is 3.83. The van der Waals surface area contributed by atoms with Gasteiger partial charge in [-0.3, -0.25) is 9.59 Å². The normalized spacial score (nSPS) is 10.9. The smallest absolute Gasteiger partial charge is 0.407 e. The second kappa shape index (κ2) is 10.2. The van der Waals surface area contributed by atoms with Crippen molar-refractivity contribution in [3.8, 4) is 0 Å². The molecule has 0 aliphatic carbocycles. The molecule has 6 nitrogen and oxygen atoms in total. The second-order valence-corrected chi connectivity index (χ2v) is 8.34. The third-order valence-corrected chi connectivity index (χ3v) is 4.36. The van der Waals surface area contributed by atoms with Gasteiger partial charge >= 0.3 is 6.09 Å². The summed E-state index contributed by atoms with van der Waals surface area (Å²) >= 11 is 3.34. The summed E-state index contributed by atoms with van der Waals surface area (Å²) < 4.78 is 6.02. The zero-order valence-electron chi connectivity index (χ0n) is 16.8. The Morgan fingerprint density at radius 2 is 1.48 bits per heavy atom. The fourth-order valence-corrected chi connectivity index (χ4v) is 2.79. The first-order valence-corrected chi connectivity index (χ1v) is 10.1. The fraction of sp³-hybridized carbons (Fsp3) is 0.318. The lowest BCUT2D eigenvalue weighted by Gasteiger charge is -2.19. The molecule has 0 aliphatic rings. The first kappa shape index (κ1) is 22.6. The molecule has 7 heteroatoms. The quantitative estimate of drug-likeness (QED) is 0.475. The number of rotatable bonds is 7. The highest BCUT2D eigenvalue weighted by Crippen LogP contribution is 2.17. The minimum absolute atomic E-state index is 0.213. The topological polar surface area (TPSA) is 84.5 Å². The predicted molar refractivity (Wildman–Crippen MR) is 115 cm³/mol. The highest BCUT2D eigenvalue weighted by atomic mass is 79.9. The lowest BCUT2D eigenvalue weighted by molar-refractivity contribution is 0.0527. The lowest BCUT2D eigenvalue weighted by atomic mass is 9.98. The Kier molecular flexibility index (Phi) is 7.96. The maximum atomic E-state index is 12.8. The van der Waals surface area contributed by atoms with Gasteiger partial charge in [-0.1, -0.05) is 34.1 Å². The Hall–Kier alpha value is -2.67. The number of hydrogen-bond acceptors (Lipinski definition) is 4. The van der Waals surface area contributed by atoms with Gasteiger partial charge in [-0.05, 0) is 57.5 Å². The van der Waals surface area contributed by atoms with E-state index in [0.717, 1.165) is 4.47 Å². The van der Waals surface area contributed by atoms with Crippen LogP contribution in [0.15, 0.2) is 53.0 Å². The molecule has 154 valence electrons. The number of ketones is 1. The number of halogens is 1. The summed E-state index contributed by atoms with van der Waals surface area (Å²) in [5.41, 5.74) is 0.623. The molecule has 0 aromatic heterocycles. The number of amides is 2. The van der Waals surface area contributed by atoms with E-state index in [0.29, 0.717) is 36.2 Å².